The summed E-state index contributed by atoms with van der Waals surface area (Å²) in [4.78, 5) is 10.8. The fraction of sp³-hybridized carbons (Fsp3) is 0.857. The van der Waals surface area contributed by atoms with Crippen molar-refractivity contribution >= 4 is 18.6 Å². The van der Waals surface area contributed by atoms with E-state index in [0.29, 0.717) is 5.92 Å². The monoisotopic (exact) mass is 161 g/mol. The molecule has 0 spiro atoms. The molecule has 0 rings (SSSR count). The van der Waals surface area contributed by atoms with Crippen molar-refractivity contribution in [3.05, 3.63) is 0 Å². The van der Waals surface area contributed by atoms with Crippen molar-refractivity contribution in [2.24, 2.45) is 5.92 Å². The quantitative estimate of drug-likeness (QED) is 0.611. The summed E-state index contributed by atoms with van der Waals surface area (Å²) in [5.41, 5.74) is 0. The molecule has 1 atom stereocenters. The fourth-order valence-electron chi connectivity index (χ4n) is 0.781. The van der Waals surface area contributed by atoms with E-state index in [1.54, 1.807) is 6.92 Å². The number of carbonyl (C=O) groups is 1. The van der Waals surface area contributed by atoms with Crippen LogP contribution in [0.3, 0.4) is 0 Å². The zero-order valence-electron chi connectivity index (χ0n) is 6.72. The topological polar surface area (TPSA) is 29.1 Å². The Balaban J connectivity index is 3.72. The third kappa shape index (κ3) is 3.90. The second-order valence-electron chi connectivity index (χ2n) is 2.92. The Morgan fingerprint density at radius 3 is 2.20 bits per heavy atom. The van der Waals surface area contributed by atoms with Crippen LogP contribution < -0.4 is 4.72 Å². The zero-order valence-corrected chi connectivity index (χ0v) is 7.61. The molecule has 0 bridgehead atoms. The van der Waals surface area contributed by atoms with Crippen molar-refractivity contribution in [2.75, 3.05) is 0 Å². The molecule has 0 aliphatic rings. The van der Waals surface area contributed by atoms with Gasteiger partial charge in [-0.2, -0.15) is 0 Å². The Morgan fingerprint density at radius 1 is 1.60 bits per heavy atom. The summed E-state index contributed by atoms with van der Waals surface area (Å²) < 4.78 is 2.68. The van der Waals surface area contributed by atoms with Gasteiger partial charge in [-0.05, 0) is 19.3 Å². The van der Waals surface area contributed by atoms with Crippen LogP contribution in [0.4, 0.5) is 0 Å². The summed E-state index contributed by atoms with van der Waals surface area (Å²) in [7, 11) is 0. The predicted molar refractivity (Wildman–Crippen MR) is 46.0 cm³/mol. The van der Waals surface area contributed by atoms with Gasteiger partial charge in [-0.3, -0.25) is 9.52 Å². The highest BCUT2D eigenvalue weighted by Crippen LogP contribution is 2.05. The number of Topliss-reactive ketones (excluding diaryl/α,β-unsaturated/α-hetero) is 1. The minimum absolute atomic E-state index is 0.0802. The molecule has 1 N–H and O–H groups in total. The Morgan fingerprint density at radius 2 is 2.10 bits per heavy atom. The van der Waals surface area contributed by atoms with Crippen LogP contribution in [0, 0.1) is 5.92 Å². The molecule has 0 aromatic rings. The Bertz CT molecular complexity index is 114. The van der Waals surface area contributed by atoms with Gasteiger partial charge < -0.3 is 0 Å². The first-order valence-corrected chi connectivity index (χ1v) is 3.92. The number of thiol groups is 1. The molecule has 0 saturated carbocycles. The molecular formula is C7H15NOS. The fourth-order valence-corrected chi connectivity index (χ4v) is 1.07. The van der Waals surface area contributed by atoms with E-state index < -0.39 is 0 Å². The van der Waals surface area contributed by atoms with Crippen LogP contribution in [0.25, 0.3) is 0 Å². The van der Waals surface area contributed by atoms with Crippen LogP contribution in [0.1, 0.15) is 27.2 Å². The van der Waals surface area contributed by atoms with Crippen LogP contribution in [0.5, 0.6) is 0 Å². The zero-order chi connectivity index (χ0) is 8.15. The molecule has 3 heteroatoms. The summed E-state index contributed by atoms with van der Waals surface area (Å²) in [6.07, 6.45) is 0.860. The summed E-state index contributed by atoms with van der Waals surface area (Å²) in [5, 5.41) is 0. The van der Waals surface area contributed by atoms with Gasteiger partial charge in [0.2, 0.25) is 0 Å². The average molecular weight is 161 g/mol. The van der Waals surface area contributed by atoms with E-state index in [1.807, 2.05) is 0 Å². The molecule has 0 radical (unpaired) electrons. The molecule has 0 saturated heterocycles. The first kappa shape index (κ1) is 9.98. The van der Waals surface area contributed by atoms with E-state index in [2.05, 4.69) is 31.4 Å². The van der Waals surface area contributed by atoms with E-state index >= 15 is 0 Å². The summed E-state index contributed by atoms with van der Waals surface area (Å²) in [6.45, 7) is 5.75. The second-order valence-corrected chi connectivity index (χ2v) is 3.18. The van der Waals surface area contributed by atoms with Crippen molar-refractivity contribution in [1.29, 1.82) is 0 Å². The smallest absolute Gasteiger partial charge is 0.147 e. The number of ketones is 1. The summed E-state index contributed by atoms with van der Waals surface area (Å²) >= 11 is 3.86. The van der Waals surface area contributed by atoms with Gasteiger partial charge in [0, 0.05) is 0 Å². The molecule has 0 aliphatic carbocycles. The largest absolute Gasteiger partial charge is 0.298 e. The van der Waals surface area contributed by atoms with Crippen molar-refractivity contribution in [3.63, 3.8) is 0 Å². The lowest BCUT2D eigenvalue weighted by molar-refractivity contribution is -0.118. The Hall–Kier alpha value is -0.0200. The van der Waals surface area contributed by atoms with E-state index in [4.69, 9.17) is 0 Å². The molecular weight excluding hydrogens is 146 g/mol. The Kier molecular flexibility index (Phi) is 4.73. The standard InChI is InChI=1S/C7H15NOS/c1-5(2)4-7(8-10)6(3)9/h5,7-8,10H,4H2,1-3H3/t7-/m0/s1. The van der Waals surface area contributed by atoms with E-state index in [0.717, 1.165) is 6.42 Å². The molecule has 2 nitrogen and oxygen atoms in total. The van der Waals surface area contributed by atoms with Gasteiger partial charge in [-0.1, -0.05) is 26.7 Å². The van der Waals surface area contributed by atoms with Gasteiger partial charge in [-0.15, -0.1) is 0 Å². The average Bonchev–Trinajstić information content (AvgIpc) is 1.81. The molecule has 60 valence electrons. The molecule has 0 heterocycles. The molecule has 0 aliphatic heterocycles. The second kappa shape index (κ2) is 4.74. The minimum Gasteiger partial charge on any atom is -0.298 e. The van der Waals surface area contributed by atoms with Crippen molar-refractivity contribution < 1.29 is 4.79 Å². The molecule has 0 fully saturated rings. The van der Waals surface area contributed by atoms with E-state index in [9.17, 15) is 4.79 Å². The maximum Gasteiger partial charge on any atom is 0.147 e. The molecule has 0 amide bonds. The van der Waals surface area contributed by atoms with Crippen LogP contribution in [0.15, 0.2) is 0 Å². The molecule has 0 aromatic carbocycles. The van der Waals surface area contributed by atoms with Crippen molar-refractivity contribution in [2.45, 2.75) is 33.2 Å². The van der Waals surface area contributed by atoms with E-state index in [1.165, 1.54) is 0 Å². The van der Waals surface area contributed by atoms with Gasteiger partial charge in [-0.25, -0.2) is 0 Å². The van der Waals surface area contributed by atoms with Crippen LogP contribution in [0.2, 0.25) is 0 Å². The lowest BCUT2D eigenvalue weighted by Gasteiger charge is -2.13. The first-order valence-electron chi connectivity index (χ1n) is 3.48. The maximum atomic E-state index is 10.8. The third-order valence-corrected chi connectivity index (χ3v) is 1.67. The van der Waals surface area contributed by atoms with Crippen molar-refractivity contribution in [1.82, 2.24) is 4.72 Å². The van der Waals surface area contributed by atoms with Gasteiger partial charge in [0.25, 0.3) is 0 Å². The van der Waals surface area contributed by atoms with Gasteiger partial charge in [0.15, 0.2) is 0 Å². The molecule has 0 unspecified atom stereocenters. The number of nitrogens with one attached hydrogen (secondary N) is 1. The third-order valence-electron chi connectivity index (χ3n) is 1.35. The number of hydrogen-bond donors (Lipinski definition) is 2. The van der Waals surface area contributed by atoms with Crippen molar-refractivity contribution in [3.8, 4) is 0 Å². The minimum atomic E-state index is -0.0802. The highest BCUT2D eigenvalue weighted by Gasteiger charge is 2.12. The van der Waals surface area contributed by atoms with Crippen LogP contribution in [-0.2, 0) is 4.79 Å². The first-order chi connectivity index (χ1) is 4.57. The Labute approximate surface area is 67.9 Å². The van der Waals surface area contributed by atoms with Gasteiger partial charge in [0.1, 0.15) is 5.78 Å². The normalized spacial score (nSPS) is 13.7. The number of rotatable bonds is 4. The van der Waals surface area contributed by atoms with E-state index in [-0.39, 0.29) is 11.8 Å². The maximum absolute atomic E-state index is 10.8. The predicted octanol–water partition coefficient (Wildman–Crippen LogP) is 1.42. The highest BCUT2D eigenvalue weighted by molar-refractivity contribution is 7.78. The molecule has 10 heavy (non-hydrogen) atoms. The summed E-state index contributed by atoms with van der Waals surface area (Å²) in [5.74, 6) is 0.692. The highest BCUT2D eigenvalue weighted by atomic mass is 32.1. The number of hydrogen-bond acceptors (Lipinski definition) is 3. The lowest BCUT2D eigenvalue weighted by Crippen LogP contribution is -2.30. The number of carbonyl (C=O) groups excluding carboxylic acids is 1. The SMILES string of the molecule is CC(=O)[C@H](CC(C)C)NS. The molecule has 0 aromatic heterocycles. The lowest BCUT2D eigenvalue weighted by atomic mass is 10.0. The van der Waals surface area contributed by atoms with Crippen LogP contribution >= 0.6 is 12.8 Å². The van der Waals surface area contributed by atoms with Gasteiger partial charge in [0.05, 0.1) is 6.04 Å². The summed E-state index contributed by atoms with van der Waals surface area (Å²) in [6, 6.07) is -0.0802. The van der Waals surface area contributed by atoms with Crippen LogP contribution in [-0.4, -0.2) is 11.8 Å². The van der Waals surface area contributed by atoms with Gasteiger partial charge >= 0.3 is 0 Å².